The van der Waals surface area contributed by atoms with Gasteiger partial charge in [-0.2, -0.15) is 5.10 Å². The number of aromatic nitrogens is 3. The largest absolute Gasteiger partial charge is 0.477 e. The number of fused-ring (bicyclic) bond motifs is 3. The minimum absolute atomic E-state index is 0.166. The molecule has 30 heavy (non-hydrogen) atoms. The Morgan fingerprint density at radius 2 is 1.83 bits per heavy atom. The van der Waals surface area contributed by atoms with Gasteiger partial charge in [0, 0.05) is 23.9 Å². The van der Waals surface area contributed by atoms with Crippen LogP contribution < -0.4 is 5.43 Å². The topological polar surface area (TPSA) is 77.1 Å². The third-order valence-electron chi connectivity index (χ3n) is 5.56. The first-order valence-corrected chi connectivity index (χ1v) is 9.51. The molecule has 1 N–H and O–H groups in total. The van der Waals surface area contributed by atoms with E-state index in [-0.39, 0.29) is 22.6 Å². The molecule has 1 atom stereocenters. The molecular formula is C22H21F2N3O3. The van der Waals surface area contributed by atoms with Gasteiger partial charge in [0.2, 0.25) is 0 Å². The average Bonchev–Trinajstić information content (AvgIpc) is 3.06. The number of halogens is 2. The number of carboxylic acid groups (broad SMARTS) is 1. The smallest absolute Gasteiger partial charge is 0.341 e. The lowest BCUT2D eigenvalue weighted by atomic mass is 9.85. The summed E-state index contributed by atoms with van der Waals surface area (Å²) in [5.74, 6) is -2.64. The van der Waals surface area contributed by atoms with Gasteiger partial charge in [-0.1, -0.05) is 20.8 Å². The summed E-state index contributed by atoms with van der Waals surface area (Å²) in [6.07, 6.45) is 1.37. The molecule has 0 spiro atoms. The fourth-order valence-electron chi connectivity index (χ4n) is 3.86. The predicted octanol–water partition coefficient (Wildman–Crippen LogP) is 4.26. The van der Waals surface area contributed by atoms with Crippen LogP contribution in [-0.2, 0) is 6.54 Å². The van der Waals surface area contributed by atoms with Crippen LogP contribution in [0.4, 0.5) is 8.78 Å². The minimum Gasteiger partial charge on any atom is -0.477 e. The molecular weight excluding hydrogens is 392 g/mol. The maximum Gasteiger partial charge on any atom is 0.341 e. The second-order valence-corrected chi connectivity index (χ2v) is 8.71. The Morgan fingerprint density at radius 3 is 2.47 bits per heavy atom. The number of carbonyl (C=O) groups is 1. The molecule has 2 aromatic heterocycles. The van der Waals surface area contributed by atoms with Gasteiger partial charge in [-0.15, -0.1) is 0 Å². The van der Waals surface area contributed by atoms with E-state index in [4.69, 9.17) is 0 Å². The number of aryl methyl sites for hydroxylation is 1. The van der Waals surface area contributed by atoms with E-state index in [1.54, 1.807) is 22.2 Å². The number of benzene rings is 1. The van der Waals surface area contributed by atoms with Gasteiger partial charge in [0.1, 0.15) is 17.2 Å². The quantitative estimate of drug-likeness (QED) is 0.681. The molecule has 3 heterocycles. The highest BCUT2D eigenvalue weighted by atomic mass is 19.1. The fourth-order valence-corrected chi connectivity index (χ4v) is 3.86. The van der Waals surface area contributed by atoms with Crippen LogP contribution >= 0.6 is 0 Å². The van der Waals surface area contributed by atoms with Crippen molar-refractivity contribution >= 4 is 5.97 Å². The van der Waals surface area contributed by atoms with E-state index in [0.29, 0.717) is 29.2 Å². The zero-order valence-corrected chi connectivity index (χ0v) is 17.0. The normalized spacial score (nSPS) is 15.6. The summed E-state index contributed by atoms with van der Waals surface area (Å²) < 4.78 is 31.6. The zero-order chi connectivity index (χ0) is 22.0. The highest BCUT2D eigenvalue weighted by Crippen LogP contribution is 2.40. The second-order valence-electron chi connectivity index (χ2n) is 8.71. The van der Waals surface area contributed by atoms with Crippen LogP contribution in [0.3, 0.4) is 0 Å². The number of nitrogens with zero attached hydrogens (tertiary/aromatic N) is 3. The van der Waals surface area contributed by atoms with Crippen molar-refractivity contribution in [2.75, 3.05) is 0 Å². The van der Waals surface area contributed by atoms with Crippen molar-refractivity contribution in [3.8, 4) is 22.6 Å². The molecule has 8 heteroatoms. The summed E-state index contributed by atoms with van der Waals surface area (Å²) in [6, 6.07) is 4.97. The monoisotopic (exact) mass is 413 g/mol. The standard InChI is InChI=1S/C22H21F2N3O3/c1-11-5-12(15(24)6-14(11)23)16-7-18-17-8-19(28)13(21(29)30)9-26(17)20(22(2,3)4)10-27(18)25-16/h5-9,20H,10H2,1-4H3,(H,29,30)/t20-/m0/s1. The first-order chi connectivity index (χ1) is 14.0. The Balaban J connectivity index is 1.95. The molecule has 0 amide bonds. The third-order valence-corrected chi connectivity index (χ3v) is 5.56. The SMILES string of the molecule is Cc1cc(-c2cc3n(n2)C[C@@H](C(C)(C)C)n2cc(C(=O)O)c(=O)cc2-3)c(F)cc1F. The van der Waals surface area contributed by atoms with Gasteiger partial charge in [-0.3, -0.25) is 9.48 Å². The lowest BCUT2D eigenvalue weighted by Crippen LogP contribution is -2.35. The van der Waals surface area contributed by atoms with Gasteiger partial charge in [-0.25, -0.2) is 13.6 Å². The van der Waals surface area contributed by atoms with Crippen LogP contribution in [0, 0.1) is 24.0 Å². The second kappa shape index (κ2) is 6.62. The van der Waals surface area contributed by atoms with Crippen molar-refractivity contribution < 1.29 is 18.7 Å². The number of carboxylic acids is 1. The minimum atomic E-state index is -1.29. The molecule has 0 saturated carbocycles. The molecule has 3 aromatic rings. The van der Waals surface area contributed by atoms with Gasteiger partial charge >= 0.3 is 5.97 Å². The average molecular weight is 413 g/mol. The van der Waals surface area contributed by atoms with Crippen molar-refractivity contribution in [1.82, 2.24) is 14.3 Å². The Labute approximate surface area is 171 Å². The highest BCUT2D eigenvalue weighted by Gasteiger charge is 2.34. The number of rotatable bonds is 2. The van der Waals surface area contributed by atoms with E-state index >= 15 is 0 Å². The number of aromatic carboxylic acids is 1. The van der Waals surface area contributed by atoms with E-state index in [0.717, 1.165) is 6.07 Å². The molecule has 156 valence electrons. The Morgan fingerprint density at radius 1 is 1.13 bits per heavy atom. The van der Waals surface area contributed by atoms with Crippen molar-refractivity contribution in [2.24, 2.45) is 5.41 Å². The number of hydrogen-bond donors (Lipinski definition) is 1. The third kappa shape index (κ3) is 3.12. The van der Waals surface area contributed by atoms with Crippen LogP contribution in [0.5, 0.6) is 0 Å². The molecule has 0 radical (unpaired) electrons. The molecule has 0 saturated heterocycles. The summed E-state index contributed by atoms with van der Waals surface area (Å²) in [5.41, 5.74) is 0.673. The zero-order valence-electron chi connectivity index (χ0n) is 17.0. The molecule has 0 fully saturated rings. The molecule has 1 aliphatic heterocycles. The van der Waals surface area contributed by atoms with Crippen molar-refractivity contribution in [3.05, 3.63) is 63.4 Å². The number of hydrogen-bond acceptors (Lipinski definition) is 3. The van der Waals surface area contributed by atoms with Gasteiger partial charge in [-0.05, 0) is 30.0 Å². The van der Waals surface area contributed by atoms with Crippen LogP contribution in [-0.4, -0.2) is 25.4 Å². The number of pyridine rings is 1. The van der Waals surface area contributed by atoms with Crippen molar-refractivity contribution in [1.29, 1.82) is 0 Å². The van der Waals surface area contributed by atoms with Crippen molar-refractivity contribution in [3.63, 3.8) is 0 Å². The van der Waals surface area contributed by atoms with Crippen LogP contribution in [0.15, 0.2) is 35.3 Å². The van der Waals surface area contributed by atoms with Gasteiger partial charge < -0.3 is 9.67 Å². The summed E-state index contributed by atoms with van der Waals surface area (Å²) >= 11 is 0. The maximum atomic E-state index is 14.4. The molecule has 1 aliphatic rings. The fraction of sp³-hybridized carbons (Fsp3) is 0.318. The molecule has 4 rings (SSSR count). The predicted molar refractivity (Wildman–Crippen MR) is 107 cm³/mol. The Hall–Kier alpha value is -3.29. The molecule has 1 aromatic carbocycles. The van der Waals surface area contributed by atoms with Crippen LogP contribution in [0.1, 0.15) is 42.7 Å². The van der Waals surface area contributed by atoms with Gasteiger partial charge in [0.25, 0.3) is 0 Å². The maximum absolute atomic E-state index is 14.4. The van der Waals surface area contributed by atoms with E-state index in [2.05, 4.69) is 5.10 Å². The lowest BCUT2D eigenvalue weighted by Gasteiger charge is -2.38. The first-order valence-electron chi connectivity index (χ1n) is 9.51. The van der Waals surface area contributed by atoms with Crippen LogP contribution in [0.2, 0.25) is 0 Å². The molecule has 0 bridgehead atoms. The van der Waals surface area contributed by atoms with E-state index in [1.807, 2.05) is 20.8 Å². The van der Waals surface area contributed by atoms with Gasteiger partial charge in [0.05, 0.1) is 29.7 Å². The van der Waals surface area contributed by atoms with Crippen LogP contribution in [0.25, 0.3) is 22.6 Å². The summed E-state index contributed by atoms with van der Waals surface area (Å²) in [4.78, 5) is 23.9. The summed E-state index contributed by atoms with van der Waals surface area (Å²) in [7, 11) is 0. The first kappa shape index (κ1) is 20.0. The van der Waals surface area contributed by atoms with E-state index in [9.17, 15) is 23.5 Å². The summed E-state index contributed by atoms with van der Waals surface area (Å²) in [5, 5.41) is 13.9. The van der Waals surface area contributed by atoms with Gasteiger partial charge in [0.15, 0.2) is 5.43 Å². The van der Waals surface area contributed by atoms with E-state index in [1.165, 1.54) is 18.3 Å². The molecule has 0 aliphatic carbocycles. The van der Waals surface area contributed by atoms with Crippen molar-refractivity contribution in [2.45, 2.75) is 40.3 Å². The van der Waals surface area contributed by atoms with E-state index < -0.39 is 23.0 Å². The Kier molecular flexibility index (Phi) is 4.41. The lowest BCUT2D eigenvalue weighted by molar-refractivity contribution is 0.0693. The Bertz CT molecular complexity index is 1250. The summed E-state index contributed by atoms with van der Waals surface area (Å²) in [6.45, 7) is 8.00. The molecule has 0 unspecified atom stereocenters. The molecule has 6 nitrogen and oxygen atoms in total. The highest BCUT2D eigenvalue weighted by molar-refractivity contribution is 5.87.